The lowest BCUT2D eigenvalue weighted by Gasteiger charge is -2.16. The maximum Gasteiger partial charge on any atom is 0.227 e. The quantitative estimate of drug-likeness (QED) is 0.860. The van der Waals surface area contributed by atoms with E-state index in [1.807, 2.05) is 0 Å². The summed E-state index contributed by atoms with van der Waals surface area (Å²) in [4.78, 5) is 13.3. The lowest BCUT2D eigenvalue weighted by atomic mass is 10.1. The predicted octanol–water partition coefficient (Wildman–Crippen LogP) is 1.79. The van der Waals surface area contributed by atoms with E-state index in [4.69, 9.17) is 17.3 Å². The lowest BCUT2D eigenvalue weighted by Crippen LogP contribution is -2.25. The van der Waals surface area contributed by atoms with Crippen LogP contribution >= 0.6 is 11.6 Å². The van der Waals surface area contributed by atoms with Gasteiger partial charge in [0.25, 0.3) is 0 Å². The number of hydrogen-bond acceptors (Lipinski definition) is 2. The van der Waals surface area contributed by atoms with E-state index in [0.717, 1.165) is 0 Å². The summed E-state index contributed by atoms with van der Waals surface area (Å²) in [6, 6.07) is 4.28. The average molecular weight is 243 g/mol. The molecule has 1 aliphatic heterocycles. The molecule has 1 aliphatic rings. The minimum Gasteiger partial charge on any atom is -0.330 e. The van der Waals surface area contributed by atoms with Gasteiger partial charge in [-0.25, -0.2) is 4.39 Å². The van der Waals surface area contributed by atoms with Crippen molar-refractivity contribution in [2.75, 3.05) is 18.0 Å². The minimum atomic E-state index is -0.479. The number of benzene rings is 1. The second-order valence-corrected chi connectivity index (χ2v) is 4.32. The molecule has 0 spiro atoms. The van der Waals surface area contributed by atoms with E-state index in [-0.39, 0.29) is 16.8 Å². The van der Waals surface area contributed by atoms with E-state index >= 15 is 0 Å². The van der Waals surface area contributed by atoms with Gasteiger partial charge in [-0.05, 0) is 30.7 Å². The number of carbonyl (C=O) groups excluding carboxylic acids is 1. The third-order valence-electron chi connectivity index (χ3n) is 2.75. The van der Waals surface area contributed by atoms with Gasteiger partial charge >= 0.3 is 0 Å². The third kappa shape index (κ3) is 2.03. The fourth-order valence-corrected chi connectivity index (χ4v) is 2.02. The summed E-state index contributed by atoms with van der Waals surface area (Å²) < 4.78 is 13.0. The van der Waals surface area contributed by atoms with Crippen LogP contribution in [0.4, 0.5) is 10.1 Å². The number of nitrogens with zero attached hydrogens (tertiary/aromatic N) is 1. The van der Waals surface area contributed by atoms with E-state index in [0.29, 0.717) is 25.2 Å². The zero-order valence-electron chi connectivity index (χ0n) is 8.62. The van der Waals surface area contributed by atoms with Crippen LogP contribution in [0.5, 0.6) is 0 Å². The molecular formula is C11H12ClFN2O. The molecule has 2 rings (SSSR count). The van der Waals surface area contributed by atoms with Crippen LogP contribution in [0.1, 0.15) is 6.42 Å². The van der Waals surface area contributed by atoms with Crippen LogP contribution in [-0.2, 0) is 4.79 Å². The maximum atomic E-state index is 13.0. The molecule has 0 radical (unpaired) electrons. The van der Waals surface area contributed by atoms with Crippen molar-refractivity contribution in [1.82, 2.24) is 0 Å². The summed E-state index contributed by atoms with van der Waals surface area (Å²) in [5.74, 6) is -0.290. The number of anilines is 1. The first-order valence-electron chi connectivity index (χ1n) is 5.07. The first-order valence-corrected chi connectivity index (χ1v) is 5.45. The maximum absolute atomic E-state index is 13.0. The molecule has 1 saturated heterocycles. The highest BCUT2D eigenvalue weighted by atomic mass is 35.5. The summed E-state index contributed by atoms with van der Waals surface area (Å²) in [5.41, 5.74) is 6.16. The Morgan fingerprint density at radius 3 is 2.88 bits per heavy atom. The standard InChI is InChI=1S/C11H12ClFN2O/c12-9-4-8(1-2-10(9)13)15-6-7(5-14)3-11(15)16/h1-2,4,7H,3,5-6,14H2. The molecule has 1 atom stereocenters. The molecule has 2 N–H and O–H groups in total. The number of nitrogens with two attached hydrogens (primary N) is 1. The molecule has 0 saturated carbocycles. The number of rotatable bonds is 2. The topological polar surface area (TPSA) is 46.3 Å². The van der Waals surface area contributed by atoms with E-state index in [1.165, 1.54) is 12.1 Å². The summed E-state index contributed by atoms with van der Waals surface area (Å²) in [7, 11) is 0. The molecule has 1 unspecified atom stereocenters. The second kappa shape index (κ2) is 4.39. The molecule has 0 bridgehead atoms. The van der Waals surface area contributed by atoms with Crippen LogP contribution in [0.25, 0.3) is 0 Å². The van der Waals surface area contributed by atoms with Gasteiger partial charge in [0.1, 0.15) is 5.82 Å². The van der Waals surface area contributed by atoms with Gasteiger partial charge in [0.05, 0.1) is 5.02 Å². The van der Waals surface area contributed by atoms with Gasteiger partial charge in [0.15, 0.2) is 0 Å². The van der Waals surface area contributed by atoms with E-state index < -0.39 is 5.82 Å². The van der Waals surface area contributed by atoms with Crippen molar-refractivity contribution in [3.05, 3.63) is 29.0 Å². The monoisotopic (exact) mass is 242 g/mol. The minimum absolute atomic E-state index is 0.0122. The Morgan fingerprint density at radius 2 is 2.31 bits per heavy atom. The Bertz CT molecular complexity index is 424. The number of hydrogen-bond donors (Lipinski definition) is 1. The van der Waals surface area contributed by atoms with Gasteiger partial charge in [0, 0.05) is 18.7 Å². The van der Waals surface area contributed by atoms with Crippen LogP contribution in [0.15, 0.2) is 18.2 Å². The van der Waals surface area contributed by atoms with Gasteiger partial charge in [-0.2, -0.15) is 0 Å². The van der Waals surface area contributed by atoms with E-state index in [1.54, 1.807) is 11.0 Å². The summed E-state index contributed by atoms with van der Waals surface area (Å²) >= 11 is 5.67. The molecule has 16 heavy (non-hydrogen) atoms. The Labute approximate surface area is 98.0 Å². The fraction of sp³-hybridized carbons (Fsp3) is 0.364. The zero-order chi connectivity index (χ0) is 11.7. The molecule has 1 aromatic carbocycles. The van der Waals surface area contributed by atoms with Gasteiger partial charge in [-0.1, -0.05) is 11.6 Å². The molecule has 5 heteroatoms. The summed E-state index contributed by atoms with van der Waals surface area (Å²) in [6.45, 7) is 1.06. The molecule has 0 aromatic heterocycles. The molecule has 1 heterocycles. The second-order valence-electron chi connectivity index (χ2n) is 3.91. The van der Waals surface area contributed by atoms with Crippen molar-refractivity contribution in [2.24, 2.45) is 11.7 Å². The number of amides is 1. The van der Waals surface area contributed by atoms with Gasteiger partial charge < -0.3 is 10.6 Å². The highest BCUT2D eigenvalue weighted by Gasteiger charge is 2.29. The van der Waals surface area contributed by atoms with Crippen molar-refractivity contribution >= 4 is 23.2 Å². The largest absolute Gasteiger partial charge is 0.330 e. The van der Waals surface area contributed by atoms with Gasteiger partial charge in [-0.15, -0.1) is 0 Å². The third-order valence-corrected chi connectivity index (χ3v) is 3.04. The molecule has 1 fully saturated rings. The normalized spacial score (nSPS) is 20.6. The smallest absolute Gasteiger partial charge is 0.227 e. The van der Waals surface area contributed by atoms with E-state index in [2.05, 4.69) is 0 Å². The van der Waals surface area contributed by atoms with Crippen LogP contribution in [0.3, 0.4) is 0 Å². The Balaban J connectivity index is 2.24. The van der Waals surface area contributed by atoms with Gasteiger partial charge in [0.2, 0.25) is 5.91 Å². The predicted molar refractivity (Wildman–Crippen MR) is 60.9 cm³/mol. The van der Waals surface area contributed by atoms with Crippen molar-refractivity contribution in [3.8, 4) is 0 Å². The highest BCUT2D eigenvalue weighted by Crippen LogP contribution is 2.27. The summed E-state index contributed by atoms with van der Waals surface area (Å²) in [6.07, 6.45) is 0.450. The fourth-order valence-electron chi connectivity index (χ4n) is 1.84. The van der Waals surface area contributed by atoms with Crippen molar-refractivity contribution < 1.29 is 9.18 Å². The molecular weight excluding hydrogens is 231 g/mol. The van der Waals surface area contributed by atoms with E-state index in [9.17, 15) is 9.18 Å². The van der Waals surface area contributed by atoms with Crippen molar-refractivity contribution in [3.63, 3.8) is 0 Å². The van der Waals surface area contributed by atoms with Crippen LogP contribution in [0.2, 0.25) is 5.02 Å². The molecule has 3 nitrogen and oxygen atoms in total. The Hall–Kier alpha value is -1.13. The molecule has 1 amide bonds. The SMILES string of the molecule is NCC1CC(=O)N(c2ccc(F)c(Cl)c2)C1. The lowest BCUT2D eigenvalue weighted by molar-refractivity contribution is -0.117. The van der Waals surface area contributed by atoms with Crippen LogP contribution in [0, 0.1) is 11.7 Å². The highest BCUT2D eigenvalue weighted by molar-refractivity contribution is 6.31. The van der Waals surface area contributed by atoms with Crippen LogP contribution in [-0.4, -0.2) is 19.0 Å². The molecule has 86 valence electrons. The van der Waals surface area contributed by atoms with Gasteiger partial charge in [-0.3, -0.25) is 4.79 Å². The van der Waals surface area contributed by atoms with Crippen molar-refractivity contribution in [2.45, 2.75) is 6.42 Å². The number of carbonyl (C=O) groups is 1. The summed E-state index contributed by atoms with van der Waals surface area (Å²) in [5, 5.41) is 0.0292. The Kier molecular flexibility index (Phi) is 3.12. The number of halogens is 2. The first kappa shape index (κ1) is 11.4. The zero-order valence-corrected chi connectivity index (χ0v) is 9.38. The van der Waals surface area contributed by atoms with Crippen LogP contribution < -0.4 is 10.6 Å². The first-order chi connectivity index (χ1) is 7.61. The Morgan fingerprint density at radius 1 is 1.56 bits per heavy atom. The molecule has 1 aromatic rings. The molecule has 0 aliphatic carbocycles. The average Bonchev–Trinajstić information content (AvgIpc) is 2.64. The van der Waals surface area contributed by atoms with Crippen molar-refractivity contribution in [1.29, 1.82) is 0 Å².